The molecule has 4 aromatic rings. The van der Waals surface area contributed by atoms with Crippen LogP contribution in [0, 0.1) is 6.92 Å². The molecule has 0 aliphatic carbocycles. The molecule has 2 heterocycles. The molecule has 2 N–H and O–H groups in total. The Hall–Kier alpha value is -3.21. The second-order valence-corrected chi connectivity index (χ2v) is 5.34. The number of fused-ring (bicyclic) bond motifs is 1. The molecular formula is C18H15N5. The molecule has 0 spiro atoms. The Kier molecular flexibility index (Phi) is 3.24. The lowest BCUT2D eigenvalue weighted by molar-refractivity contribution is 1.09. The molecule has 4 rings (SSSR count). The van der Waals surface area contributed by atoms with Crippen LogP contribution in [0.15, 0.2) is 60.9 Å². The molecule has 0 fully saturated rings. The predicted molar refractivity (Wildman–Crippen MR) is 91.6 cm³/mol. The van der Waals surface area contributed by atoms with Gasteiger partial charge in [0.15, 0.2) is 0 Å². The van der Waals surface area contributed by atoms with Crippen molar-refractivity contribution in [2.45, 2.75) is 6.92 Å². The lowest BCUT2D eigenvalue weighted by Gasteiger charge is -2.11. The van der Waals surface area contributed by atoms with Crippen molar-refractivity contribution >= 4 is 22.5 Å². The Morgan fingerprint density at radius 3 is 2.65 bits per heavy atom. The van der Waals surface area contributed by atoms with Crippen molar-refractivity contribution in [1.29, 1.82) is 0 Å². The summed E-state index contributed by atoms with van der Waals surface area (Å²) in [7, 11) is 0. The largest absolute Gasteiger partial charge is 0.307 e. The van der Waals surface area contributed by atoms with E-state index in [4.69, 9.17) is 4.98 Å². The first-order valence-corrected chi connectivity index (χ1v) is 7.40. The molecule has 0 unspecified atom stereocenters. The van der Waals surface area contributed by atoms with E-state index in [1.54, 1.807) is 0 Å². The van der Waals surface area contributed by atoms with Crippen LogP contribution in [-0.2, 0) is 0 Å². The van der Waals surface area contributed by atoms with Crippen molar-refractivity contribution in [2.75, 3.05) is 5.32 Å². The van der Waals surface area contributed by atoms with Crippen LogP contribution in [0.2, 0.25) is 0 Å². The molecule has 23 heavy (non-hydrogen) atoms. The molecule has 0 aliphatic heterocycles. The van der Waals surface area contributed by atoms with Gasteiger partial charge in [-0.2, -0.15) is 0 Å². The van der Waals surface area contributed by atoms with Gasteiger partial charge in [0.2, 0.25) is 5.95 Å². The Balaban J connectivity index is 1.91. The van der Waals surface area contributed by atoms with Crippen molar-refractivity contribution in [3.05, 3.63) is 66.5 Å². The zero-order chi connectivity index (χ0) is 15.6. The van der Waals surface area contributed by atoms with Gasteiger partial charge in [-0.05, 0) is 23.9 Å². The molecular weight excluding hydrogens is 286 g/mol. The number of nitrogens with one attached hydrogen (secondary N) is 2. The zero-order valence-corrected chi connectivity index (χ0v) is 12.6. The highest BCUT2D eigenvalue weighted by molar-refractivity contribution is 5.95. The van der Waals surface area contributed by atoms with Crippen LogP contribution >= 0.6 is 0 Å². The molecule has 0 saturated heterocycles. The molecule has 5 heteroatoms. The van der Waals surface area contributed by atoms with E-state index in [9.17, 15) is 0 Å². The van der Waals surface area contributed by atoms with Crippen molar-refractivity contribution in [3.8, 4) is 11.3 Å². The normalized spacial score (nSPS) is 10.8. The highest BCUT2D eigenvalue weighted by atomic mass is 15.3. The fourth-order valence-electron chi connectivity index (χ4n) is 2.67. The van der Waals surface area contributed by atoms with Gasteiger partial charge in [0.25, 0.3) is 0 Å². The number of pyridine rings is 1. The molecule has 0 saturated carbocycles. The minimum absolute atomic E-state index is 0.504. The van der Waals surface area contributed by atoms with E-state index in [1.165, 1.54) is 11.9 Å². The average Bonchev–Trinajstić information content (AvgIpc) is 3.08. The second-order valence-electron chi connectivity index (χ2n) is 5.34. The second kappa shape index (κ2) is 5.53. The Morgan fingerprint density at radius 2 is 1.83 bits per heavy atom. The molecule has 2 aromatic carbocycles. The Morgan fingerprint density at radius 1 is 1.00 bits per heavy atom. The highest BCUT2D eigenvalue weighted by Gasteiger charge is 2.10. The third-order valence-electron chi connectivity index (χ3n) is 3.81. The minimum atomic E-state index is 0.504. The first kappa shape index (κ1) is 13.5. The van der Waals surface area contributed by atoms with Crippen molar-refractivity contribution in [1.82, 2.24) is 20.2 Å². The van der Waals surface area contributed by atoms with Gasteiger partial charge in [0, 0.05) is 10.9 Å². The summed E-state index contributed by atoms with van der Waals surface area (Å²) in [6, 6.07) is 18.5. The van der Waals surface area contributed by atoms with Crippen molar-refractivity contribution in [2.24, 2.45) is 0 Å². The van der Waals surface area contributed by atoms with Crippen LogP contribution in [0.3, 0.4) is 0 Å². The van der Waals surface area contributed by atoms with E-state index in [-0.39, 0.29) is 0 Å². The summed E-state index contributed by atoms with van der Waals surface area (Å²) in [5.74, 6) is 1.26. The minimum Gasteiger partial charge on any atom is -0.307 e. The standard InChI is InChI=1S/C18H15N5/c1-12-6-2-4-8-14(12)16-10-13-7-3-5-9-15(13)17(21-16)22-18-19-11-20-23-18/h2-11H,1H3,(H2,19,20,21,22,23). The molecule has 2 aromatic heterocycles. The first-order valence-electron chi connectivity index (χ1n) is 7.40. The summed E-state index contributed by atoms with van der Waals surface area (Å²) in [5, 5.41) is 12.1. The molecule has 0 aliphatic rings. The van der Waals surface area contributed by atoms with Gasteiger partial charge in [-0.25, -0.2) is 9.97 Å². The fraction of sp³-hybridized carbons (Fsp3) is 0.0556. The van der Waals surface area contributed by atoms with Crippen LogP contribution in [0.25, 0.3) is 22.0 Å². The summed E-state index contributed by atoms with van der Waals surface area (Å²) >= 11 is 0. The van der Waals surface area contributed by atoms with E-state index in [0.717, 1.165) is 27.8 Å². The maximum atomic E-state index is 4.80. The van der Waals surface area contributed by atoms with E-state index in [0.29, 0.717) is 5.95 Å². The van der Waals surface area contributed by atoms with Gasteiger partial charge in [-0.1, -0.05) is 48.5 Å². The molecule has 112 valence electrons. The zero-order valence-electron chi connectivity index (χ0n) is 12.6. The maximum Gasteiger partial charge on any atom is 0.247 e. The lowest BCUT2D eigenvalue weighted by atomic mass is 10.0. The fourth-order valence-corrected chi connectivity index (χ4v) is 2.67. The Labute approximate surface area is 133 Å². The summed E-state index contributed by atoms with van der Waals surface area (Å²) in [4.78, 5) is 8.92. The molecule has 0 bridgehead atoms. The SMILES string of the molecule is Cc1ccccc1-c1cc2ccccc2c(Nc2nc[nH]n2)n1. The van der Waals surface area contributed by atoms with Crippen LogP contribution < -0.4 is 5.32 Å². The number of aryl methyl sites for hydroxylation is 1. The number of hydrogen-bond donors (Lipinski definition) is 2. The molecule has 0 atom stereocenters. The topological polar surface area (TPSA) is 66.5 Å². The quantitative estimate of drug-likeness (QED) is 0.598. The van der Waals surface area contributed by atoms with Crippen LogP contribution in [0.1, 0.15) is 5.56 Å². The van der Waals surface area contributed by atoms with Gasteiger partial charge >= 0.3 is 0 Å². The van der Waals surface area contributed by atoms with Gasteiger partial charge in [-0.15, -0.1) is 5.10 Å². The number of hydrogen-bond acceptors (Lipinski definition) is 4. The van der Waals surface area contributed by atoms with Gasteiger partial charge in [0.05, 0.1) is 5.69 Å². The first-order chi connectivity index (χ1) is 11.3. The number of anilines is 2. The predicted octanol–water partition coefficient (Wildman–Crippen LogP) is 4.07. The number of rotatable bonds is 3. The molecule has 0 radical (unpaired) electrons. The van der Waals surface area contributed by atoms with Crippen LogP contribution in [0.5, 0.6) is 0 Å². The summed E-state index contributed by atoms with van der Waals surface area (Å²) in [5.41, 5.74) is 3.25. The number of nitrogens with zero attached hydrogens (tertiary/aromatic N) is 3. The highest BCUT2D eigenvalue weighted by Crippen LogP contribution is 2.30. The van der Waals surface area contributed by atoms with Gasteiger partial charge in [0.1, 0.15) is 12.1 Å². The van der Waals surface area contributed by atoms with E-state index in [2.05, 4.69) is 51.7 Å². The number of H-pyrrole nitrogens is 1. The smallest absolute Gasteiger partial charge is 0.247 e. The average molecular weight is 301 g/mol. The van der Waals surface area contributed by atoms with E-state index >= 15 is 0 Å². The molecule has 0 amide bonds. The third kappa shape index (κ3) is 2.53. The Bertz CT molecular complexity index is 960. The van der Waals surface area contributed by atoms with Crippen LogP contribution in [-0.4, -0.2) is 20.2 Å². The summed E-state index contributed by atoms with van der Waals surface area (Å²) in [6.45, 7) is 2.09. The molecule has 5 nitrogen and oxygen atoms in total. The van der Waals surface area contributed by atoms with Crippen molar-refractivity contribution in [3.63, 3.8) is 0 Å². The van der Waals surface area contributed by atoms with Gasteiger partial charge in [-0.3, -0.25) is 5.10 Å². The van der Waals surface area contributed by atoms with Crippen molar-refractivity contribution < 1.29 is 0 Å². The third-order valence-corrected chi connectivity index (χ3v) is 3.81. The summed E-state index contributed by atoms with van der Waals surface area (Å²) in [6.07, 6.45) is 1.54. The number of benzene rings is 2. The van der Waals surface area contributed by atoms with E-state index in [1.807, 2.05) is 30.3 Å². The lowest BCUT2D eigenvalue weighted by Crippen LogP contribution is -1.99. The van der Waals surface area contributed by atoms with Gasteiger partial charge < -0.3 is 5.32 Å². The maximum absolute atomic E-state index is 4.80. The van der Waals surface area contributed by atoms with E-state index < -0.39 is 0 Å². The summed E-state index contributed by atoms with van der Waals surface area (Å²) < 4.78 is 0. The number of aromatic amines is 1. The van der Waals surface area contributed by atoms with Crippen LogP contribution in [0.4, 0.5) is 11.8 Å². The monoisotopic (exact) mass is 301 g/mol. The number of aromatic nitrogens is 4.